The van der Waals surface area contributed by atoms with Crippen LogP contribution in [0.5, 0.6) is 0 Å². The van der Waals surface area contributed by atoms with E-state index in [9.17, 15) is 4.79 Å². The monoisotopic (exact) mass is 359 g/mol. The van der Waals surface area contributed by atoms with E-state index in [0.717, 1.165) is 43.1 Å². The Hall–Kier alpha value is -1.89. The van der Waals surface area contributed by atoms with Gasteiger partial charge in [-0.2, -0.15) is 5.10 Å². The largest absolute Gasteiger partial charge is 0.361 e. The standard InChI is InChI=1S/C19H29N5O2/c1-23-18(21-24(2)19(23)25)11-13-7-3-5-9-15(13)20-12-16-14-8-4-6-10-17(14)26-22-16/h13,15,20H,3-12H2,1-2H3/t13-,15-/m1/s1. The van der Waals surface area contributed by atoms with Crippen LogP contribution in [0.4, 0.5) is 0 Å². The maximum atomic E-state index is 12.0. The number of hydrogen-bond donors (Lipinski definition) is 1. The second kappa shape index (κ2) is 7.39. The summed E-state index contributed by atoms with van der Waals surface area (Å²) in [4.78, 5) is 12.0. The Labute approximate surface area is 153 Å². The molecule has 2 heterocycles. The lowest BCUT2D eigenvalue weighted by Gasteiger charge is -2.32. The first kappa shape index (κ1) is 17.5. The van der Waals surface area contributed by atoms with Gasteiger partial charge in [0.25, 0.3) is 0 Å². The number of nitrogens with one attached hydrogen (secondary N) is 1. The lowest BCUT2D eigenvalue weighted by molar-refractivity contribution is 0.252. The summed E-state index contributed by atoms with van der Waals surface area (Å²) in [7, 11) is 3.54. The molecule has 2 aromatic heterocycles. The van der Waals surface area contributed by atoms with Gasteiger partial charge in [-0.1, -0.05) is 18.0 Å². The fraction of sp³-hybridized carbons (Fsp3) is 0.737. The first-order valence-corrected chi connectivity index (χ1v) is 9.92. The van der Waals surface area contributed by atoms with E-state index in [1.807, 2.05) is 7.05 Å². The van der Waals surface area contributed by atoms with Gasteiger partial charge in [0.05, 0.1) is 0 Å². The summed E-state index contributed by atoms with van der Waals surface area (Å²) < 4.78 is 8.65. The zero-order valence-corrected chi connectivity index (χ0v) is 15.8. The van der Waals surface area contributed by atoms with E-state index in [2.05, 4.69) is 15.6 Å². The van der Waals surface area contributed by atoms with Gasteiger partial charge in [0.2, 0.25) is 0 Å². The van der Waals surface area contributed by atoms with Gasteiger partial charge in [0.1, 0.15) is 17.3 Å². The minimum Gasteiger partial charge on any atom is -0.361 e. The van der Waals surface area contributed by atoms with Gasteiger partial charge in [0, 0.05) is 45.1 Å². The van der Waals surface area contributed by atoms with Crippen molar-refractivity contribution >= 4 is 0 Å². The molecule has 0 saturated heterocycles. The molecule has 4 rings (SSSR count). The number of fused-ring (bicyclic) bond motifs is 1. The van der Waals surface area contributed by atoms with Crippen LogP contribution in [0.25, 0.3) is 0 Å². The molecule has 26 heavy (non-hydrogen) atoms. The molecule has 0 aliphatic heterocycles. The number of nitrogens with zero attached hydrogens (tertiary/aromatic N) is 4. The van der Waals surface area contributed by atoms with Crippen molar-refractivity contribution in [1.29, 1.82) is 0 Å². The second-order valence-corrected chi connectivity index (χ2v) is 7.86. The molecule has 1 saturated carbocycles. The first-order valence-electron chi connectivity index (χ1n) is 9.92. The summed E-state index contributed by atoms with van der Waals surface area (Å²) in [6.45, 7) is 0.779. The third-order valence-corrected chi connectivity index (χ3v) is 6.13. The molecule has 0 aromatic carbocycles. The molecule has 0 spiro atoms. The molecule has 7 nitrogen and oxygen atoms in total. The smallest absolute Gasteiger partial charge is 0.345 e. The molecule has 0 unspecified atom stereocenters. The van der Waals surface area contributed by atoms with E-state index in [0.29, 0.717) is 12.0 Å². The van der Waals surface area contributed by atoms with Crippen LogP contribution in [-0.2, 0) is 39.9 Å². The maximum Gasteiger partial charge on any atom is 0.345 e. The van der Waals surface area contributed by atoms with Crippen LogP contribution in [-0.4, -0.2) is 25.5 Å². The molecule has 0 amide bonds. The van der Waals surface area contributed by atoms with Gasteiger partial charge in [-0.25, -0.2) is 9.48 Å². The Balaban J connectivity index is 1.43. The Morgan fingerprint density at radius 2 is 1.96 bits per heavy atom. The normalized spacial score (nSPS) is 23.2. The Bertz CT molecular complexity index is 818. The number of aromatic nitrogens is 4. The summed E-state index contributed by atoms with van der Waals surface area (Å²) >= 11 is 0. The zero-order valence-electron chi connectivity index (χ0n) is 15.8. The van der Waals surface area contributed by atoms with Gasteiger partial charge in [0.15, 0.2) is 0 Å². The Kier molecular flexibility index (Phi) is 4.98. The van der Waals surface area contributed by atoms with E-state index < -0.39 is 0 Å². The highest BCUT2D eigenvalue weighted by atomic mass is 16.5. The summed E-state index contributed by atoms with van der Waals surface area (Å²) in [5, 5.41) is 12.5. The van der Waals surface area contributed by atoms with E-state index in [-0.39, 0.29) is 5.69 Å². The molecule has 0 radical (unpaired) electrons. The Morgan fingerprint density at radius 1 is 1.15 bits per heavy atom. The van der Waals surface area contributed by atoms with Crippen molar-refractivity contribution in [2.24, 2.45) is 20.0 Å². The zero-order chi connectivity index (χ0) is 18.1. The van der Waals surface area contributed by atoms with Crippen LogP contribution in [0.15, 0.2) is 9.32 Å². The van der Waals surface area contributed by atoms with Gasteiger partial charge >= 0.3 is 5.69 Å². The molecule has 1 fully saturated rings. The van der Waals surface area contributed by atoms with E-state index >= 15 is 0 Å². The molecule has 0 bridgehead atoms. The van der Waals surface area contributed by atoms with E-state index in [4.69, 9.17) is 4.52 Å². The Morgan fingerprint density at radius 3 is 2.77 bits per heavy atom. The number of aryl methyl sites for hydroxylation is 2. The molecule has 2 atom stereocenters. The summed E-state index contributed by atoms with van der Waals surface area (Å²) in [6, 6.07) is 0.441. The van der Waals surface area contributed by atoms with Gasteiger partial charge in [-0.3, -0.25) is 4.57 Å². The van der Waals surface area contributed by atoms with Crippen molar-refractivity contribution in [3.8, 4) is 0 Å². The van der Waals surface area contributed by atoms with Crippen molar-refractivity contribution in [2.45, 2.75) is 70.4 Å². The molecule has 2 aliphatic carbocycles. The summed E-state index contributed by atoms with van der Waals surface area (Å²) in [5.74, 6) is 2.48. The molecule has 2 aromatic rings. The number of hydrogen-bond acceptors (Lipinski definition) is 5. The van der Waals surface area contributed by atoms with Crippen LogP contribution in [0.1, 0.15) is 61.4 Å². The van der Waals surface area contributed by atoms with Crippen molar-refractivity contribution in [1.82, 2.24) is 24.8 Å². The SMILES string of the molecule is Cn1nc(C[C@H]2CCCC[C@H]2NCc2noc3c2CCCC3)n(C)c1=O. The van der Waals surface area contributed by atoms with E-state index in [1.54, 1.807) is 11.6 Å². The highest BCUT2D eigenvalue weighted by Gasteiger charge is 2.28. The van der Waals surface area contributed by atoms with Crippen LogP contribution < -0.4 is 11.0 Å². The van der Waals surface area contributed by atoms with Crippen molar-refractivity contribution in [3.05, 3.63) is 33.3 Å². The van der Waals surface area contributed by atoms with Crippen LogP contribution in [0.2, 0.25) is 0 Å². The average Bonchev–Trinajstić information content (AvgIpc) is 3.18. The molecule has 1 N–H and O–H groups in total. The molecule has 2 aliphatic rings. The van der Waals surface area contributed by atoms with Crippen molar-refractivity contribution in [2.75, 3.05) is 0 Å². The summed E-state index contributed by atoms with van der Waals surface area (Å²) in [5.41, 5.74) is 2.38. The van der Waals surface area contributed by atoms with Gasteiger partial charge in [-0.05, 0) is 38.0 Å². The third kappa shape index (κ3) is 3.37. The quantitative estimate of drug-likeness (QED) is 0.882. The molecule has 142 valence electrons. The number of rotatable bonds is 5. The first-order chi connectivity index (χ1) is 12.6. The van der Waals surface area contributed by atoms with Crippen LogP contribution in [0.3, 0.4) is 0 Å². The molecule has 7 heteroatoms. The third-order valence-electron chi connectivity index (χ3n) is 6.13. The van der Waals surface area contributed by atoms with E-state index in [1.165, 1.54) is 48.8 Å². The van der Waals surface area contributed by atoms with Gasteiger partial charge in [-0.15, -0.1) is 0 Å². The van der Waals surface area contributed by atoms with Crippen LogP contribution >= 0.6 is 0 Å². The lowest BCUT2D eigenvalue weighted by Crippen LogP contribution is -2.39. The minimum atomic E-state index is -0.0467. The van der Waals surface area contributed by atoms with Gasteiger partial charge < -0.3 is 9.84 Å². The fourth-order valence-corrected chi connectivity index (χ4v) is 4.56. The minimum absolute atomic E-state index is 0.0467. The van der Waals surface area contributed by atoms with Crippen LogP contribution in [0, 0.1) is 5.92 Å². The predicted octanol–water partition coefficient (Wildman–Crippen LogP) is 1.88. The fourth-order valence-electron chi connectivity index (χ4n) is 4.56. The predicted molar refractivity (Wildman–Crippen MR) is 97.9 cm³/mol. The lowest BCUT2D eigenvalue weighted by atomic mass is 9.82. The van der Waals surface area contributed by atoms with Crippen molar-refractivity contribution < 1.29 is 4.52 Å². The topological polar surface area (TPSA) is 77.9 Å². The average molecular weight is 359 g/mol. The second-order valence-electron chi connectivity index (χ2n) is 7.86. The molecular formula is C19H29N5O2. The highest BCUT2D eigenvalue weighted by molar-refractivity contribution is 5.25. The highest BCUT2D eigenvalue weighted by Crippen LogP contribution is 2.28. The molecular weight excluding hydrogens is 330 g/mol. The van der Waals surface area contributed by atoms with Crippen molar-refractivity contribution in [3.63, 3.8) is 0 Å². The summed E-state index contributed by atoms with van der Waals surface area (Å²) in [6.07, 6.45) is 10.3. The maximum absolute atomic E-state index is 12.0.